The van der Waals surface area contributed by atoms with Crippen molar-refractivity contribution in [2.45, 2.75) is 6.42 Å². The van der Waals surface area contributed by atoms with Crippen LogP contribution in [0.1, 0.15) is 16.8 Å². The van der Waals surface area contributed by atoms with Crippen molar-refractivity contribution in [1.82, 2.24) is 20.2 Å². The van der Waals surface area contributed by atoms with Crippen LogP contribution in [0.4, 0.5) is 5.95 Å². The number of rotatable bonds is 6. The first-order valence-electron chi connectivity index (χ1n) is 8.50. The van der Waals surface area contributed by atoms with Gasteiger partial charge in [-0.05, 0) is 37.2 Å². The van der Waals surface area contributed by atoms with Gasteiger partial charge in [-0.2, -0.15) is 0 Å². The zero-order chi connectivity index (χ0) is 17.5. The molecule has 1 aromatic heterocycles. The van der Waals surface area contributed by atoms with Gasteiger partial charge in [0.05, 0.1) is 0 Å². The van der Waals surface area contributed by atoms with Crippen molar-refractivity contribution in [3.8, 4) is 0 Å². The Hall–Kier alpha value is -2.18. The summed E-state index contributed by atoms with van der Waals surface area (Å²) in [6, 6.07) is 8.83. The van der Waals surface area contributed by atoms with Crippen LogP contribution in [0.25, 0.3) is 0 Å². The van der Waals surface area contributed by atoms with Crippen LogP contribution in [-0.4, -0.2) is 60.0 Å². The molecule has 2 aromatic rings. The van der Waals surface area contributed by atoms with Gasteiger partial charge in [-0.3, -0.25) is 9.69 Å². The fourth-order valence-corrected chi connectivity index (χ4v) is 3.05. The number of amides is 1. The number of anilines is 1. The Kier molecular flexibility index (Phi) is 6.19. The molecule has 0 aliphatic carbocycles. The Balaban J connectivity index is 1.34. The highest BCUT2D eigenvalue weighted by Crippen LogP contribution is 2.11. The minimum absolute atomic E-state index is 0.0754. The molecule has 1 aromatic carbocycles. The first kappa shape index (κ1) is 17.6. The standard InChI is InChI=1S/C18H22ClN5O/c19-16-5-1-4-15(14-16)17(25)20-8-3-9-23-10-12-24(13-11-23)18-21-6-2-7-22-18/h1-2,4-7,14H,3,8-13H2,(H,20,25). The average molecular weight is 360 g/mol. The molecule has 132 valence electrons. The van der Waals surface area contributed by atoms with E-state index in [-0.39, 0.29) is 5.91 Å². The molecular weight excluding hydrogens is 338 g/mol. The third-order valence-corrected chi connectivity index (χ3v) is 4.47. The Labute approximate surface area is 152 Å². The molecule has 1 aliphatic heterocycles. The number of aromatic nitrogens is 2. The molecule has 3 rings (SSSR count). The lowest BCUT2D eigenvalue weighted by atomic mass is 10.2. The molecule has 7 heteroatoms. The van der Waals surface area contributed by atoms with E-state index in [9.17, 15) is 4.79 Å². The second-order valence-corrected chi connectivity index (χ2v) is 6.43. The predicted molar refractivity (Wildman–Crippen MR) is 99.1 cm³/mol. The van der Waals surface area contributed by atoms with Crippen LogP contribution in [0.5, 0.6) is 0 Å². The molecular formula is C18H22ClN5O. The van der Waals surface area contributed by atoms with Gasteiger partial charge >= 0.3 is 0 Å². The molecule has 25 heavy (non-hydrogen) atoms. The van der Waals surface area contributed by atoms with Crippen LogP contribution < -0.4 is 10.2 Å². The van der Waals surface area contributed by atoms with E-state index in [1.165, 1.54) is 0 Å². The van der Waals surface area contributed by atoms with E-state index in [0.29, 0.717) is 17.1 Å². The normalized spacial score (nSPS) is 15.2. The molecule has 0 spiro atoms. The first-order chi connectivity index (χ1) is 12.2. The van der Waals surface area contributed by atoms with Crippen LogP contribution in [0.15, 0.2) is 42.7 Å². The number of carbonyl (C=O) groups excluding carboxylic acids is 1. The maximum absolute atomic E-state index is 12.0. The number of hydrogen-bond acceptors (Lipinski definition) is 5. The number of halogens is 1. The van der Waals surface area contributed by atoms with Gasteiger partial charge in [-0.25, -0.2) is 9.97 Å². The molecule has 0 unspecified atom stereocenters. The number of piperazine rings is 1. The topological polar surface area (TPSA) is 61.4 Å². The van der Waals surface area contributed by atoms with E-state index in [1.54, 1.807) is 36.7 Å². The predicted octanol–water partition coefficient (Wildman–Crippen LogP) is 2.07. The van der Waals surface area contributed by atoms with E-state index in [0.717, 1.165) is 45.1 Å². The molecule has 0 radical (unpaired) electrons. The SMILES string of the molecule is O=C(NCCCN1CCN(c2ncccn2)CC1)c1cccc(Cl)c1. The fourth-order valence-electron chi connectivity index (χ4n) is 2.86. The molecule has 2 heterocycles. The molecule has 1 amide bonds. The van der Waals surface area contributed by atoms with Crippen molar-refractivity contribution >= 4 is 23.5 Å². The smallest absolute Gasteiger partial charge is 0.251 e. The van der Waals surface area contributed by atoms with E-state index in [2.05, 4.69) is 25.1 Å². The summed E-state index contributed by atoms with van der Waals surface area (Å²) in [7, 11) is 0. The van der Waals surface area contributed by atoms with Crippen molar-refractivity contribution < 1.29 is 4.79 Å². The highest BCUT2D eigenvalue weighted by atomic mass is 35.5. The minimum Gasteiger partial charge on any atom is -0.352 e. The van der Waals surface area contributed by atoms with Gasteiger partial charge in [0.15, 0.2) is 0 Å². The van der Waals surface area contributed by atoms with Gasteiger partial charge in [0.25, 0.3) is 5.91 Å². The second-order valence-electron chi connectivity index (χ2n) is 6.00. The summed E-state index contributed by atoms with van der Waals surface area (Å²) >= 11 is 5.91. The van der Waals surface area contributed by atoms with E-state index >= 15 is 0 Å². The summed E-state index contributed by atoms with van der Waals surface area (Å²) in [5.74, 6) is 0.726. The monoisotopic (exact) mass is 359 g/mol. The summed E-state index contributed by atoms with van der Waals surface area (Å²) in [4.78, 5) is 25.3. The van der Waals surface area contributed by atoms with Crippen LogP contribution in [-0.2, 0) is 0 Å². The Bertz CT molecular complexity index is 689. The number of carbonyl (C=O) groups is 1. The highest BCUT2D eigenvalue weighted by Gasteiger charge is 2.18. The van der Waals surface area contributed by atoms with Crippen molar-refractivity contribution in [1.29, 1.82) is 0 Å². The van der Waals surface area contributed by atoms with Gasteiger partial charge in [0.2, 0.25) is 5.95 Å². The van der Waals surface area contributed by atoms with Gasteiger partial charge < -0.3 is 10.2 Å². The summed E-state index contributed by atoms with van der Waals surface area (Å²) in [6.07, 6.45) is 4.47. The average Bonchev–Trinajstić information content (AvgIpc) is 2.66. The first-order valence-corrected chi connectivity index (χ1v) is 8.88. The summed E-state index contributed by atoms with van der Waals surface area (Å²) in [6.45, 7) is 5.46. The van der Waals surface area contributed by atoms with Crippen LogP contribution in [0.2, 0.25) is 5.02 Å². The maximum Gasteiger partial charge on any atom is 0.251 e. The van der Waals surface area contributed by atoms with E-state index in [4.69, 9.17) is 11.6 Å². The van der Waals surface area contributed by atoms with E-state index < -0.39 is 0 Å². The molecule has 6 nitrogen and oxygen atoms in total. The van der Waals surface area contributed by atoms with Crippen molar-refractivity contribution in [2.24, 2.45) is 0 Å². The Morgan fingerprint density at radius 1 is 1.12 bits per heavy atom. The molecule has 1 fully saturated rings. The zero-order valence-corrected chi connectivity index (χ0v) is 14.8. The van der Waals surface area contributed by atoms with Gasteiger partial charge in [0.1, 0.15) is 0 Å². The lowest BCUT2D eigenvalue weighted by Crippen LogP contribution is -2.47. The lowest BCUT2D eigenvalue weighted by Gasteiger charge is -2.34. The number of nitrogens with zero attached hydrogens (tertiary/aromatic N) is 4. The number of benzene rings is 1. The number of nitrogens with one attached hydrogen (secondary N) is 1. The third kappa shape index (κ3) is 5.14. The second kappa shape index (κ2) is 8.78. The molecule has 1 N–H and O–H groups in total. The van der Waals surface area contributed by atoms with Crippen molar-refractivity contribution in [3.05, 3.63) is 53.3 Å². The van der Waals surface area contributed by atoms with Gasteiger partial charge in [-0.1, -0.05) is 17.7 Å². The molecule has 1 saturated heterocycles. The fraction of sp³-hybridized carbons (Fsp3) is 0.389. The quantitative estimate of drug-likeness (QED) is 0.800. The Morgan fingerprint density at radius 2 is 1.88 bits per heavy atom. The van der Waals surface area contributed by atoms with Crippen LogP contribution in [0.3, 0.4) is 0 Å². The molecule has 0 bridgehead atoms. The zero-order valence-electron chi connectivity index (χ0n) is 14.1. The minimum atomic E-state index is -0.0754. The molecule has 0 saturated carbocycles. The summed E-state index contributed by atoms with van der Waals surface area (Å²) < 4.78 is 0. The van der Waals surface area contributed by atoms with Crippen molar-refractivity contribution in [3.63, 3.8) is 0 Å². The maximum atomic E-state index is 12.0. The van der Waals surface area contributed by atoms with E-state index in [1.807, 2.05) is 6.07 Å². The highest BCUT2D eigenvalue weighted by molar-refractivity contribution is 6.30. The molecule has 0 atom stereocenters. The van der Waals surface area contributed by atoms with Gasteiger partial charge in [-0.15, -0.1) is 0 Å². The van der Waals surface area contributed by atoms with Gasteiger partial charge in [0, 0.05) is 55.7 Å². The van der Waals surface area contributed by atoms with Crippen LogP contribution in [0, 0.1) is 0 Å². The van der Waals surface area contributed by atoms with Crippen molar-refractivity contribution in [2.75, 3.05) is 44.2 Å². The van der Waals surface area contributed by atoms with Crippen LogP contribution >= 0.6 is 11.6 Å². The largest absolute Gasteiger partial charge is 0.352 e. The third-order valence-electron chi connectivity index (χ3n) is 4.23. The number of hydrogen-bond donors (Lipinski definition) is 1. The lowest BCUT2D eigenvalue weighted by molar-refractivity contribution is 0.0951. The summed E-state index contributed by atoms with van der Waals surface area (Å²) in [5, 5.41) is 3.52. The summed E-state index contributed by atoms with van der Waals surface area (Å²) in [5.41, 5.74) is 0.601. The Morgan fingerprint density at radius 3 is 2.60 bits per heavy atom. The molecule has 1 aliphatic rings.